The third kappa shape index (κ3) is 2.95. The monoisotopic (exact) mass is 267 g/mol. The molecule has 0 aliphatic heterocycles. The minimum absolute atomic E-state index is 0.0404. The zero-order chi connectivity index (χ0) is 13.7. The number of benzene rings is 1. The summed E-state index contributed by atoms with van der Waals surface area (Å²) in [5.74, 6) is 0.823. The van der Waals surface area contributed by atoms with Gasteiger partial charge in [0.25, 0.3) is 0 Å². The Hall–Kier alpha value is -1.70. The molecule has 1 aromatic carbocycles. The first-order valence-electron chi connectivity index (χ1n) is 5.32. The van der Waals surface area contributed by atoms with Crippen LogP contribution in [0.1, 0.15) is 18.6 Å². The van der Waals surface area contributed by atoms with Crippen LogP contribution in [0.25, 0.3) is 0 Å². The van der Waals surface area contributed by atoms with Crippen LogP contribution in [0.3, 0.4) is 0 Å². The van der Waals surface area contributed by atoms with Gasteiger partial charge in [0.2, 0.25) is 0 Å². The number of nitriles is 1. The van der Waals surface area contributed by atoms with Gasteiger partial charge in [-0.25, -0.2) is 0 Å². The predicted octanol–water partition coefficient (Wildman–Crippen LogP) is 2.86. The minimum atomic E-state index is -1.10. The second-order valence-corrected chi connectivity index (χ2v) is 3.91. The van der Waals surface area contributed by atoms with Gasteiger partial charge >= 0.3 is 0 Å². The van der Waals surface area contributed by atoms with Crippen LogP contribution in [0.15, 0.2) is 24.3 Å². The Morgan fingerprint density at radius 2 is 2.28 bits per heavy atom. The molecule has 1 rings (SSSR count). The molecule has 5 heteroatoms. The second-order valence-electron chi connectivity index (χ2n) is 3.51. The molecule has 0 heterocycles. The van der Waals surface area contributed by atoms with Crippen molar-refractivity contribution in [2.45, 2.75) is 13.0 Å². The van der Waals surface area contributed by atoms with Gasteiger partial charge in [0.1, 0.15) is 6.10 Å². The highest BCUT2D eigenvalue weighted by Gasteiger charge is 2.17. The summed E-state index contributed by atoms with van der Waals surface area (Å²) in [6, 6.07) is 4.91. The molecular formula is C13H14ClNO3. The molecule has 0 aromatic heterocycles. The second kappa shape index (κ2) is 6.29. The lowest BCUT2D eigenvalue weighted by atomic mass is 10.0. The number of aliphatic hydroxyl groups is 1. The Labute approximate surface area is 111 Å². The average Bonchev–Trinajstić information content (AvgIpc) is 2.37. The molecule has 1 atom stereocenters. The van der Waals surface area contributed by atoms with Crippen molar-refractivity contribution in [2.24, 2.45) is 0 Å². The zero-order valence-corrected chi connectivity index (χ0v) is 11.0. The standard InChI is InChI=1S/C13H14ClNO3/c1-4-18-11-6-9(12(16)8(2)7-15)5-10(14)13(11)17-3/h5-6,12,16H,2,4H2,1,3H3. The van der Waals surface area contributed by atoms with E-state index in [2.05, 4.69) is 6.58 Å². The van der Waals surface area contributed by atoms with Gasteiger partial charge in [-0.05, 0) is 24.6 Å². The minimum Gasteiger partial charge on any atom is -0.491 e. The van der Waals surface area contributed by atoms with Gasteiger partial charge in [-0.3, -0.25) is 0 Å². The molecule has 0 amide bonds. The first kappa shape index (κ1) is 14.4. The quantitative estimate of drug-likeness (QED) is 0.833. The number of methoxy groups -OCH3 is 1. The molecule has 0 radical (unpaired) electrons. The van der Waals surface area contributed by atoms with Gasteiger partial charge in [0.15, 0.2) is 11.5 Å². The molecule has 1 N–H and O–H groups in total. The molecule has 0 saturated heterocycles. The fourth-order valence-electron chi connectivity index (χ4n) is 1.47. The molecule has 0 aliphatic rings. The van der Waals surface area contributed by atoms with E-state index >= 15 is 0 Å². The predicted molar refractivity (Wildman–Crippen MR) is 68.9 cm³/mol. The Kier molecular flexibility index (Phi) is 5.02. The lowest BCUT2D eigenvalue weighted by Gasteiger charge is -2.15. The highest BCUT2D eigenvalue weighted by atomic mass is 35.5. The summed E-state index contributed by atoms with van der Waals surface area (Å²) in [5, 5.41) is 18.9. The lowest BCUT2D eigenvalue weighted by Crippen LogP contribution is -2.02. The van der Waals surface area contributed by atoms with Crippen LogP contribution in [0, 0.1) is 11.3 Å². The van der Waals surface area contributed by atoms with Crippen molar-refractivity contribution in [1.82, 2.24) is 0 Å². The van der Waals surface area contributed by atoms with E-state index in [1.807, 2.05) is 6.92 Å². The van der Waals surface area contributed by atoms with Crippen LogP contribution >= 0.6 is 11.6 Å². The third-order valence-electron chi connectivity index (χ3n) is 2.33. The Balaban J connectivity index is 3.24. The van der Waals surface area contributed by atoms with Gasteiger partial charge in [0, 0.05) is 0 Å². The van der Waals surface area contributed by atoms with E-state index in [9.17, 15) is 5.11 Å². The number of hydrogen-bond donors (Lipinski definition) is 1. The molecular weight excluding hydrogens is 254 g/mol. The van der Waals surface area contributed by atoms with Crippen LogP contribution in [0.4, 0.5) is 0 Å². The van der Waals surface area contributed by atoms with Crippen LogP contribution in [-0.2, 0) is 0 Å². The van der Waals surface area contributed by atoms with Crippen LogP contribution in [0.2, 0.25) is 5.02 Å². The van der Waals surface area contributed by atoms with E-state index in [4.69, 9.17) is 26.3 Å². The first-order chi connectivity index (χ1) is 8.54. The summed E-state index contributed by atoms with van der Waals surface area (Å²) >= 11 is 6.03. The largest absolute Gasteiger partial charge is 0.491 e. The molecule has 96 valence electrons. The SMILES string of the molecule is C=C(C#N)C(O)c1cc(Cl)c(OC)c(OCC)c1. The number of ether oxygens (including phenoxy) is 2. The van der Waals surface area contributed by atoms with E-state index in [-0.39, 0.29) is 5.57 Å². The van der Waals surface area contributed by atoms with Crippen molar-refractivity contribution in [3.63, 3.8) is 0 Å². The van der Waals surface area contributed by atoms with Crippen LogP contribution in [-0.4, -0.2) is 18.8 Å². The summed E-state index contributed by atoms with van der Waals surface area (Å²) in [4.78, 5) is 0. The molecule has 0 spiro atoms. The maximum absolute atomic E-state index is 9.89. The maximum atomic E-state index is 9.89. The summed E-state index contributed by atoms with van der Waals surface area (Å²) in [6.45, 7) is 5.73. The van der Waals surface area contributed by atoms with E-state index in [1.165, 1.54) is 13.2 Å². The number of halogens is 1. The number of hydrogen-bond acceptors (Lipinski definition) is 4. The number of nitrogens with zero attached hydrogens (tertiary/aromatic N) is 1. The molecule has 0 saturated carbocycles. The lowest BCUT2D eigenvalue weighted by molar-refractivity contribution is 0.219. The van der Waals surface area contributed by atoms with Gasteiger partial charge in [-0.1, -0.05) is 18.2 Å². The fraction of sp³-hybridized carbons (Fsp3) is 0.308. The molecule has 18 heavy (non-hydrogen) atoms. The van der Waals surface area contributed by atoms with E-state index in [0.29, 0.717) is 28.7 Å². The van der Waals surface area contributed by atoms with Crippen molar-refractivity contribution < 1.29 is 14.6 Å². The smallest absolute Gasteiger partial charge is 0.179 e. The summed E-state index contributed by atoms with van der Waals surface area (Å²) < 4.78 is 10.5. The Bertz CT molecular complexity index is 494. The molecule has 1 unspecified atom stereocenters. The van der Waals surface area contributed by atoms with Gasteiger partial charge < -0.3 is 14.6 Å². The summed E-state index contributed by atoms with van der Waals surface area (Å²) in [5.41, 5.74) is 0.481. The Morgan fingerprint density at radius 3 is 2.78 bits per heavy atom. The van der Waals surface area contributed by atoms with Crippen molar-refractivity contribution >= 4 is 11.6 Å². The highest BCUT2D eigenvalue weighted by molar-refractivity contribution is 6.32. The van der Waals surface area contributed by atoms with Crippen LogP contribution in [0.5, 0.6) is 11.5 Å². The first-order valence-corrected chi connectivity index (χ1v) is 5.70. The molecule has 4 nitrogen and oxygen atoms in total. The van der Waals surface area contributed by atoms with Gasteiger partial charge in [-0.2, -0.15) is 5.26 Å². The van der Waals surface area contributed by atoms with Gasteiger partial charge in [0.05, 0.1) is 30.4 Å². The average molecular weight is 268 g/mol. The Morgan fingerprint density at radius 1 is 1.61 bits per heavy atom. The van der Waals surface area contributed by atoms with Crippen molar-refractivity contribution in [3.05, 3.63) is 34.9 Å². The van der Waals surface area contributed by atoms with Crippen molar-refractivity contribution in [3.8, 4) is 17.6 Å². The van der Waals surface area contributed by atoms with Crippen molar-refractivity contribution in [1.29, 1.82) is 5.26 Å². The van der Waals surface area contributed by atoms with E-state index in [1.54, 1.807) is 12.1 Å². The zero-order valence-electron chi connectivity index (χ0n) is 10.2. The van der Waals surface area contributed by atoms with Crippen LogP contribution < -0.4 is 9.47 Å². The number of aliphatic hydroxyl groups excluding tert-OH is 1. The summed E-state index contributed by atoms with van der Waals surface area (Å²) in [7, 11) is 1.48. The van der Waals surface area contributed by atoms with E-state index < -0.39 is 6.10 Å². The van der Waals surface area contributed by atoms with Gasteiger partial charge in [-0.15, -0.1) is 0 Å². The third-order valence-corrected chi connectivity index (χ3v) is 2.61. The number of rotatable bonds is 5. The van der Waals surface area contributed by atoms with Crippen molar-refractivity contribution in [2.75, 3.05) is 13.7 Å². The van der Waals surface area contributed by atoms with E-state index in [0.717, 1.165) is 0 Å². The molecule has 0 bridgehead atoms. The normalized spacial score (nSPS) is 11.5. The topological polar surface area (TPSA) is 62.5 Å². The fourth-order valence-corrected chi connectivity index (χ4v) is 1.77. The maximum Gasteiger partial charge on any atom is 0.179 e. The highest BCUT2D eigenvalue weighted by Crippen LogP contribution is 2.38. The molecule has 1 aromatic rings. The molecule has 0 fully saturated rings. The molecule has 0 aliphatic carbocycles. The summed E-state index contributed by atoms with van der Waals surface area (Å²) in [6.07, 6.45) is -1.10.